The summed E-state index contributed by atoms with van der Waals surface area (Å²) >= 11 is 0. The molecule has 3 fully saturated rings. The molecule has 28 heavy (non-hydrogen) atoms. The first-order chi connectivity index (χ1) is 13.5. The van der Waals surface area contributed by atoms with Crippen molar-refractivity contribution in [2.45, 2.75) is 82.7 Å². The third-order valence-electron chi connectivity index (χ3n) is 6.74. The quantitative estimate of drug-likeness (QED) is 0.777. The van der Waals surface area contributed by atoms with Gasteiger partial charge in [0.15, 0.2) is 5.60 Å². The standard InChI is InChI=1S/C21H35N3O4/c22-19(26)21(11-4-1-5-12-21)28-20(27)24-14-6-13-23(15-16-24)18(25)10-9-17-7-2-3-8-17/h17H,1-16H2,(H2,22,26). The molecule has 0 radical (unpaired) electrons. The van der Waals surface area contributed by atoms with E-state index in [1.165, 1.54) is 25.7 Å². The molecule has 1 saturated heterocycles. The van der Waals surface area contributed by atoms with Gasteiger partial charge in [0, 0.05) is 32.6 Å². The van der Waals surface area contributed by atoms with E-state index in [0.717, 1.165) is 32.1 Å². The smallest absolute Gasteiger partial charge is 0.410 e. The van der Waals surface area contributed by atoms with E-state index in [9.17, 15) is 14.4 Å². The highest BCUT2D eigenvalue weighted by Crippen LogP contribution is 2.32. The molecular formula is C21H35N3O4. The number of primary amides is 1. The lowest BCUT2D eigenvalue weighted by Crippen LogP contribution is -2.51. The topological polar surface area (TPSA) is 92.9 Å². The molecule has 0 atom stereocenters. The van der Waals surface area contributed by atoms with Gasteiger partial charge in [-0.1, -0.05) is 32.1 Å². The number of ether oxygens (including phenoxy) is 1. The fourth-order valence-corrected chi connectivity index (χ4v) is 4.89. The highest BCUT2D eigenvalue weighted by atomic mass is 16.6. The summed E-state index contributed by atoms with van der Waals surface area (Å²) in [6.45, 7) is 2.19. The molecule has 0 spiro atoms. The van der Waals surface area contributed by atoms with Gasteiger partial charge in [-0.15, -0.1) is 0 Å². The maximum absolute atomic E-state index is 12.7. The lowest BCUT2D eigenvalue weighted by atomic mass is 9.84. The average molecular weight is 394 g/mol. The van der Waals surface area contributed by atoms with Crippen LogP contribution in [-0.2, 0) is 14.3 Å². The van der Waals surface area contributed by atoms with E-state index >= 15 is 0 Å². The molecule has 3 amide bonds. The highest BCUT2D eigenvalue weighted by molar-refractivity contribution is 5.86. The molecule has 3 aliphatic rings. The summed E-state index contributed by atoms with van der Waals surface area (Å²) in [5.41, 5.74) is 4.42. The number of amides is 3. The summed E-state index contributed by atoms with van der Waals surface area (Å²) in [6.07, 6.45) is 10.7. The number of nitrogens with zero attached hydrogens (tertiary/aromatic N) is 2. The maximum atomic E-state index is 12.7. The first kappa shape index (κ1) is 20.9. The minimum Gasteiger partial charge on any atom is -0.433 e. The summed E-state index contributed by atoms with van der Waals surface area (Å²) in [5, 5.41) is 0. The fourth-order valence-electron chi connectivity index (χ4n) is 4.89. The Morgan fingerprint density at radius 3 is 2.18 bits per heavy atom. The van der Waals surface area contributed by atoms with E-state index in [1.54, 1.807) is 4.90 Å². The predicted octanol–water partition coefficient (Wildman–Crippen LogP) is 2.82. The first-order valence-corrected chi connectivity index (χ1v) is 11.1. The maximum Gasteiger partial charge on any atom is 0.410 e. The van der Waals surface area contributed by atoms with Gasteiger partial charge in [-0.25, -0.2) is 4.79 Å². The van der Waals surface area contributed by atoms with Crippen LogP contribution < -0.4 is 5.73 Å². The van der Waals surface area contributed by atoms with Crippen LogP contribution >= 0.6 is 0 Å². The van der Waals surface area contributed by atoms with Gasteiger partial charge in [0.2, 0.25) is 5.91 Å². The first-order valence-electron chi connectivity index (χ1n) is 11.1. The van der Waals surface area contributed by atoms with Gasteiger partial charge in [-0.3, -0.25) is 9.59 Å². The number of carbonyl (C=O) groups excluding carboxylic acids is 3. The molecule has 0 bridgehead atoms. The molecule has 7 heteroatoms. The third-order valence-corrected chi connectivity index (χ3v) is 6.74. The number of carbonyl (C=O) groups is 3. The van der Waals surface area contributed by atoms with Crippen molar-refractivity contribution in [3.63, 3.8) is 0 Å². The van der Waals surface area contributed by atoms with Crippen LogP contribution in [0.4, 0.5) is 4.79 Å². The summed E-state index contributed by atoms with van der Waals surface area (Å²) < 4.78 is 5.66. The molecule has 0 unspecified atom stereocenters. The van der Waals surface area contributed by atoms with Gasteiger partial charge in [0.05, 0.1) is 0 Å². The zero-order chi connectivity index (χ0) is 20.0. The Kier molecular flexibility index (Phi) is 7.18. The Labute approximate surface area is 167 Å². The van der Waals surface area contributed by atoms with Gasteiger partial charge < -0.3 is 20.3 Å². The van der Waals surface area contributed by atoms with Crippen molar-refractivity contribution >= 4 is 17.9 Å². The second-order valence-corrected chi connectivity index (χ2v) is 8.70. The molecule has 0 aromatic heterocycles. The fraction of sp³-hybridized carbons (Fsp3) is 0.857. The van der Waals surface area contributed by atoms with Crippen LogP contribution in [-0.4, -0.2) is 59.5 Å². The second kappa shape index (κ2) is 9.61. The Morgan fingerprint density at radius 2 is 1.50 bits per heavy atom. The Hall–Kier alpha value is -1.79. The van der Waals surface area contributed by atoms with Gasteiger partial charge in [0.25, 0.3) is 5.91 Å². The summed E-state index contributed by atoms with van der Waals surface area (Å²) in [4.78, 5) is 40.7. The molecule has 0 aromatic rings. The van der Waals surface area contributed by atoms with E-state index in [-0.39, 0.29) is 5.91 Å². The Bertz CT molecular complexity index is 568. The summed E-state index contributed by atoms with van der Waals surface area (Å²) in [7, 11) is 0. The van der Waals surface area contributed by atoms with Crippen LogP contribution in [0.1, 0.15) is 77.0 Å². The number of rotatable bonds is 5. The van der Waals surface area contributed by atoms with Crippen molar-refractivity contribution in [1.29, 1.82) is 0 Å². The van der Waals surface area contributed by atoms with Crippen molar-refractivity contribution in [3.8, 4) is 0 Å². The van der Waals surface area contributed by atoms with Crippen molar-refractivity contribution in [2.75, 3.05) is 26.2 Å². The zero-order valence-corrected chi connectivity index (χ0v) is 17.0. The molecule has 1 heterocycles. The van der Waals surface area contributed by atoms with Crippen molar-refractivity contribution in [2.24, 2.45) is 11.7 Å². The minimum atomic E-state index is -1.15. The largest absolute Gasteiger partial charge is 0.433 e. The predicted molar refractivity (Wildman–Crippen MR) is 105 cm³/mol. The van der Waals surface area contributed by atoms with Crippen LogP contribution in [0, 0.1) is 5.92 Å². The molecule has 7 nitrogen and oxygen atoms in total. The monoisotopic (exact) mass is 393 g/mol. The Morgan fingerprint density at radius 1 is 0.857 bits per heavy atom. The molecule has 2 aliphatic carbocycles. The summed E-state index contributed by atoms with van der Waals surface area (Å²) in [6, 6.07) is 0. The molecule has 1 aliphatic heterocycles. The van der Waals surface area contributed by atoms with Crippen LogP contribution in [0.15, 0.2) is 0 Å². The van der Waals surface area contributed by atoms with Crippen molar-refractivity contribution in [1.82, 2.24) is 9.80 Å². The molecule has 2 saturated carbocycles. The lowest BCUT2D eigenvalue weighted by molar-refractivity contribution is -0.141. The van der Waals surface area contributed by atoms with Crippen LogP contribution in [0.25, 0.3) is 0 Å². The van der Waals surface area contributed by atoms with Crippen molar-refractivity contribution in [3.05, 3.63) is 0 Å². The van der Waals surface area contributed by atoms with Crippen LogP contribution in [0.2, 0.25) is 0 Å². The molecule has 0 aromatic carbocycles. The van der Waals surface area contributed by atoms with E-state index in [0.29, 0.717) is 51.4 Å². The van der Waals surface area contributed by atoms with Crippen LogP contribution in [0.3, 0.4) is 0 Å². The van der Waals surface area contributed by atoms with Gasteiger partial charge in [0.1, 0.15) is 0 Å². The number of nitrogens with two attached hydrogens (primary N) is 1. The average Bonchev–Trinajstić information content (AvgIpc) is 3.09. The van der Waals surface area contributed by atoms with E-state index in [4.69, 9.17) is 10.5 Å². The number of hydrogen-bond donors (Lipinski definition) is 1. The van der Waals surface area contributed by atoms with Gasteiger partial charge >= 0.3 is 6.09 Å². The zero-order valence-electron chi connectivity index (χ0n) is 17.0. The lowest BCUT2D eigenvalue weighted by Gasteiger charge is -2.35. The molecular weight excluding hydrogens is 358 g/mol. The third kappa shape index (κ3) is 5.17. The second-order valence-electron chi connectivity index (χ2n) is 8.70. The number of hydrogen-bond acceptors (Lipinski definition) is 4. The molecule has 3 rings (SSSR count). The Balaban J connectivity index is 1.48. The van der Waals surface area contributed by atoms with Gasteiger partial charge in [-0.2, -0.15) is 0 Å². The van der Waals surface area contributed by atoms with Crippen molar-refractivity contribution < 1.29 is 19.1 Å². The van der Waals surface area contributed by atoms with Crippen LogP contribution in [0.5, 0.6) is 0 Å². The normalized spacial score (nSPS) is 23.3. The molecule has 158 valence electrons. The summed E-state index contributed by atoms with van der Waals surface area (Å²) in [5.74, 6) is 0.366. The SMILES string of the molecule is NC(=O)C1(OC(=O)N2CCCN(C(=O)CCC3CCCC3)CC2)CCCCC1. The van der Waals surface area contributed by atoms with E-state index in [1.807, 2.05) is 4.90 Å². The van der Waals surface area contributed by atoms with E-state index in [2.05, 4.69) is 0 Å². The highest BCUT2D eigenvalue weighted by Gasteiger charge is 2.43. The van der Waals surface area contributed by atoms with Gasteiger partial charge in [-0.05, 0) is 44.4 Å². The molecule has 2 N–H and O–H groups in total. The minimum absolute atomic E-state index is 0.197. The van der Waals surface area contributed by atoms with E-state index < -0.39 is 17.6 Å².